The molecule has 5 nitrogen and oxygen atoms in total. The highest BCUT2D eigenvalue weighted by molar-refractivity contribution is 5.68. The Balaban J connectivity index is 1.77. The fourth-order valence-corrected chi connectivity index (χ4v) is 2.31. The van der Waals surface area contributed by atoms with E-state index in [1.807, 2.05) is 6.20 Å². The van der Waals surface area contributed by atoms with Gasteiger partial charge in [-0.1, -0.05) is 0 Å². The monoisotopic (exact) mass is 217 g/mol. The molecule has 0 aliphatic carbocycles. The number of fused-ring (bicyclic) bond motifs is 1. The molecule has 2 aromatic heterocycles. The van der Waals surface area contributed by atoms with Gasteiger partial charge in [-0.3, -0.25) is 0 Å². The summed E-state index contributed by atoms with van der Waals surface area (Å²) in [6.45, 7) is 2.29. The van der Waals surface area contributed by atoms with E-state index >= 15 is 0 Å². The molecule has 0 atom stereocenters. The van der Waals surface area contributed by atoms with Crippen molar-refractivity contribution in [1.29, 1.82) is 0 Å². The fourth-order valence-electron chi connectivity index (χ4n) is 2.31. The Morgan fingerprint density at radius 1 is 1.25 bits per heavy atom. The van der Waals surface area contributed by atoms with Crippen LogP contribution in [0.5, 0.6) is 0 Å². The van der Waals surface area contributed by atoms with Crippen LogP contribution < -0.4 is 5.32 Å². The average Bonchev–Trinajstić information content (AvgIpc) is 2.77. The third kappa shape index (κ3) is 1.90. The number of H-pyrrole nitrogens is 1. The highest BCUT2D eigenvalue weighted by Crippen LogP contribution is 2.18. The van der Waals surface area contributed by atoms with Gasteiger partial charge in [0.15, 0.2) is 0 Å². The molecule has 1 aliphatic heterocycles. The zero-order valence-electron chi connectivity index (χ0n) is 9.11. The Bertz CT molecular complexity index is 472. The van der Waals surface area contributed by atoms with Gasteiger partial charge in [0.25, 0.3) is 0 Å². The molecule has 0 amide bonds. The number of nitrogens with zero attached hydrogens (tertiary/aromatic N) is 3. The van der Waals surface area contributed by atoms with Crippen molar-refractivity contribution >= 4 is 11.2 Å². The molecule has 1 fully saturated rings. The molecule has 3 heterocycles. The zero-order valence-corrected chi connectivity index (χ0v) is 9.11. The van der Waals surface area contributed by atoms with E-state index in [9.17, 15) is 0 Å². The predicted molar refractivity (Wildman–Crippen MR) is 61.0 cm³/mol. The topological polar surface area (TPSA) is 66.5 Å². The van der Waals surface area contributed by atoms with Gasteiger partial charge in [-0.25, -0.2) is 4.98 Å². The number of hydrogen-bond acceptors (Lipinski definition) is 4. The van der Waals surface area contributed by atoms with Crippen LogP contribution in [0.4, 0.5) is 0 Å². The molecule has 0 unspecified atom stereocenters. The first-order chi connectivity index (χ1) is 7.92. The van der Waals surface area contributed by atoms with Crippen LogP contribution in [-0.2, 0) is 6.42 Å². The minimum Gasteiger partial charge on any atom is -0.317 e. The van der Waals surface area contributed by atoms with Gasteiger partial charge in [-0.05, 0) is 49.9 Å². The summed E-state index contributed by atoms with van der Waals surface area (Å²) in [5.74, 6) is 0.785. The predicted octanol–water partition coefficient (Wildman–Crippen LogP) is 0.895. The molecule has 16 heavy (non-hydrogen) atoms. The summed E-state index contributed by atoms with van der Waals surface area (Å²) in [5, 5.41) is 14.0. The van der Waals surface area contributed by atoms with E-state index in [1.165, 1.54) is 18.4 Å². The maximum Gasteiger partial charge on any atom is 0.201 e. The molecule has 0 spiro atoms. The van der Waals surface area contributed by atoms with E-state index in [1.54, 1.807) is 0 Å². The number of nitrogens with one attached hydrogen (secondary N) is 2. The standard InChI is InChI=1S/C11H15N5/c1-3-12-4-2-8(1)5-9-6-10-11(13-7-9)15-16-14-10/h6-8,12H,1-5H2,(H,13,14,15,16). The Morgan fingerprint density at radius 3 is 3.00 bits per heavy atom. The van der Waals surface area contributed by atoms with Crippen molar-refractivity contribution in [3.63, 3.8) is 0 Å². The zero-order chi connectivity index (χ0) is 10.8. The highest BCUT2D eigenvalue weighted by Gasteiger charge is 2.14. The summed E-state index contributed by atoms with van der Waals surface area (Å²) >= 11 is 0. The van der Waals surface area contributed by atoms with E-state index in [-0.39, 0.29) is 0 Å². The van der Waals surface area contributed by atoms with Gasteiger partial charge in [-0.15, -0.1) is 5.10 Å². The summed E-state index contributed by atoms with van der Waals surface area (Å²) in [6, 6.07) is 2.09. The Hall–Kier alpha value is -1.49. The molecule has 0 radical (unpaired) electrons. The average molecular weight is 217 g/mol. The van der Waals surface area contributed by atoms with Gasteiger partial charge in [-0.2, -0.15) is 10.3 Å². The van der Waals surface area contributed by atoms with Gasteiger partial charge in [0.2, 0.25) is 5.65 Å². The van der Waals surface area contributed by atoms with Crippen molar-refractivity contribution in [2.24, 2.45) is 5.92 Å². The van der Waals surface area contributed by atoms with Gasteiger partial charge in [0.1, 0.15) is 5.52 Å². The van der Waals surface area contributed by atoms with E-state index in [4.69, 9.17) is 0 Å². The lowest BCUT2D eigenvalue weighted by Gasteiger charge is -2.22. The summed E-state index contributed by atoms with van der Waals surface area (Å²) < 4.78 is 0. The summed E-state index contributed by atoms with van der Waals surface area (Å²) in [4.78, 5) is 4.29. The van der Waals surface area contributed by atoms with Crippen LogP contribution in [0.3, 0.4) is 0 Å². The van der Waals surface area contributed by atoms with Crippen LogP contribution in [0.25, 0.3) is 11.2 Å². The molecule has 1 aliphatic rings. The second kappa shape index (κ2) is 4.17. The van der Waals surface area contributed by atoms with Crippen molar-refractivity contribution in [2.45, 2.75) is 19.3 Å². The Labute approximate surface area is 93.7 Å². The molecule has 2 aromatic rings. The minimum atomic E-state index is 0.703. The van der Waals surface area contributed by atoms with E-state index in [0.717, 1.165) is 30.9 Å². The van der Waals surface area contributed by atoms with Crippen LogP contribution in [-0.4, -0.2) is 33.5 Å². The molecule has 0 aromatic carbocycles. The maximum absolute atomic E-state index is 4.29. The number of hydrogen-bond donors (Lipinski definition) is 2. The van der Waals surface area contributed by atoms with Crippen LogP contribution in [0.15, 0.2) is 12.3 Å². The first-order valence-electron chi connectivity index (χ1n) is 5.78. The van der Waals surface area contributed by atoms with Crippen LogP contribution in [0.1, 0.15) is 18.4 Å². The lowest BCUT2D eigenvalue weighted by atomic mass is 9.91. The SMILES string of the molecule is c1nc2n[nH]nc2cc1CC1CCNCC1. The van der Waals surface area contributed by atoms with Crippen molar-refractivity contribution in [3.8, 4) is 0 Å². The normalized spacial score (nSPS) is 18.0. The number of rotatable bonds is 2. The van der Waals surface area contributed by atoms with Crippen molar-refractivity contribution in [2.75, 3.05) is 13.1 Å². The Morgan fingerprint density at radius 2 is 2.12 bits per heavy atom. The smallest absolute Gasteiger partial charge is 0.201 e. The van der Waals surface area contributed by atoms with Gasteiger partial charge in [0.05, 0.1) is 0 Å². The lowest BCUT2D eigenvalue weighted by molar-refractivity contribution is 0.372. The van der Waals surface area contributed by atoms with E-state index in [0.29, 0.717) is 5.65 Å². The molecule has 84 valence electrons. The largest absolute Gasteiger partial charge is 0.317 e. The second-order valence-corrected chi connectivity index (χ2v) is 4.41. The fraction of sp³-hybridized carbons (Fsp3) is 0.545. The lowest BCUT2D eigenvalue weighted by Crippen LogP contribution is -2.28. The van der Waals surface area contributed by atoms with Crippen molar-refractivity contribution < 1.29 is 0 Å². The number of piperidine rings is 1. The molecule has 0 bridgehead atoms. The third-order valence-electron chi connectivity index (χ3n) is 3.21. The van der Waals surface area contributed by atoms with Crippen LogP contribution in [0.2, 0.25) is 0 Å². The number of aromatic nitrogens is 4. The number of aromatic amines is 1. The van der Waals surface area contributed by atoms with Gasteiger partial charge in [0, 0.05) is 6.20 Å². The summed E-state index contributed by atoms with van der Waals surface area (Å²) in [6.07, 6.45) is 5.55. The highest BCUT2D eigenvalue weighted by atomic mass is 15.3. The Kier molecular flexibility index (Phi) is 2.53. The molecule has 5 heteroatoms. The molecular weight excluding hydrogens is 202 g/mol. The van der Waals surface area contributed by atoms with Crippen molar-refractivity contribution in [3.05, 3.63) is 17.8 Å². The quantitative estimate of drug-likeness (QED) is 0.784. The van der Waals surface area contributed by atoms with E-state index < -0.39 is 0 Å². The third-order valence-corrected chi connectivity index (χ3v) is 3.21. The minimum absolute atomic E-state index is 0.703. The molecular formula is C11H15N5. The van der Waals surface area contributed by atoms with E-state index in [2.05, 4.69) is 31.8 Å². The first kappa shape index (κ1) is 9.72. The summed E-state index contributed by atoms with van der Waals surface area (Å²) in [5.41, 5.74) is 2.84. The van der Waals surface area contributed by atoms with Gasteiger partial charge < -0.3 is 5.32 Å². The molecule has 0 saturated carbocycles. The first-order valence-corrected chi connectivity index (χ1v) is 5.78. The second-order valence-electron chi connectivity index (χ2n) is 4.41. The van der Waals surface area contributed by atoms with Crippen molar-refractivity contribution in [1.82, 2.24) is 25.7 Å². The molecule has 1 saturated heterocycles. The molecule has 3 rings (SSSR count). The molecule has 2 N–H and O–H groups in total. The summed E-state index contributed by atoms with van der Waals surface area (Å²) in [7, 11) is 0. The number of pyridine rings is 1. The van der Waals surface area contributed by atoms with Crippen LogP contribution in [0, 0.1) is 5.92 Å². The van der Waals surface area contributed by atoms with Crippen LogP contribution >= 0.6 is 0 Å². The van der Waals surface area contributed by atoms with Gasteiger partial charge >= 0.3 is 0 Å². The maximum atomic E-state index is 4.29.